The van der Waals surface area contributed by atoms with Crippen LogP contribution >= 0.6 is 0 Å². The van der Waals surface area contributed by atoms with E-state index in [4.69, 9.17) is 9.97 Å². The standard InChI is InChI=1S/C40H50N10O3/c1-46(2)39(53)34-23-29-24-42-40(45-37(29)50(34)31-5-3-4-6-31)43-35-13-11-32(25-41-35)48-17-15-30(16-18-48)49-21-19-47(20-22-49)26-27-7-9-28(10-8-27)33-12-14-36(51)44-38(33)52/h7-11,13,23-25,30-31,33H,3-6,12,14-22,26H2,1-2H3,(H,44,51,52)(H,41,42,43,45). The molecule has 2 N–H and O–H groups in total. The molecule has 3 amide bonds. The number of hydrogen-bond acceptors (Lipinski definition) is 10. The van der Waals surface area contributed by atoms with Crippen molar-refractivity contribution in [3.63, 3.8) is 0 Å². The van der Waals surface area contributed by atoms with Crippen molar-refractivity contribution >= 4 is 46.2 Å². The van der Waals surface area contributed by atoms with Crippen LogP contribution in [0, 0.1) is 0 Å². The summed E-state index contributed by atoms with van der Waals surface area (Å²) in [6.07, 6.45) is 11.4. The molecule has 1 unspecified atom stereocenters. The molecular formula is C40H50N10O3. The number of nitrogens with zero attached hydrogens (tertiary/aromatic N) is 8. The molecule has 53 heavy (non-hydrogen) atoms. The number of rotatable bonds is 9. The first-order valence-electron chi connectivity index (χ1n) is 19.3. The van der Waals surface area contributed by atoms with Crippen LogP contribution in [-0.4, -0.2) is 111 Å². The van der Waals surface area contributed by atoms with E-state index in [9.17, 15) is 14.4 Å². The zero-order chi connectivity index (χ0) is 36.5. The highest BCUT2D eigenvalue weighted by molar-refractivity contribution is 6.01. The predicted molar refractivity (Wildman–Crippen MR) is 204 cm³/mol. The topological polar surface area (TPSA) is 132 Å². The molecule has 4 aliphatic rings. The van der Waals surface area contributed by atoms with Crippen molar-refractivity contribution in [3.8, 4) is 0 Å². The third-order valence-corrected chi connectivity index (χ3v) is 11.7. The van der Waals surface area contributed by atoms with Crippen LogP contribution in [0.2, 0.25) is 0 Å². The maximum atomic E-state index is 13.1. The van der Waals surface area contributed by atoms with Crippen LogP contribution in [-0.2, 0) is 16.1 Å². The summed E-state index contributed by atoms with van der Waals surface area (Å²) in [7, 11) is 3.58. The van der Waals surface area contributed by atoms with Gasteiger partial charge in [-0.3, -0.25) is 29.5 Å². The van der Waals surface area contributed by atoms with Gasteiger partial charge in [0.1, 0.15) is 17.2 Å². The average molecular weight is 719 g/mol. The lowest BCUT2D eigenvalue weighted by Crippen LogP contribution is -2.53. The average Bonchev–Trinajstić information content (AvgIpc) is 3.84. The van der Waals surface area contributed by atoms with Crippen molar-refractivity contribution in [1.82, 2.24) is 39.5 Å². The fourth-order valence-electron chi connectivity index (χ4n) is 8.66. The number of carbonyl (C=O) groups is 3. The van der Waals surface area contributed by atoms with Crippen LogP contribution < -0.4 is 15.5 Å². The minimum Gasteiger partial charge on any atom is -0.370 e. The molecule has 4 aromatic rings. The Morgan fingerprint density at radius 2 is 1.62 bits per heavy atom. The number of imide groups is 1. The van der Waals surface area contributed by atoms with E-state index in [1.54, 1.807) is 25.2 Å². The highest BCUT2D eigenvalue weighted by atomic mass is 16.2. The summed E-state index contributed by atoms with van der Waals surface area (Å²) in [6.45, 7) is 7.17. The molecule has 6 heterocycles. The van der Waals surface area contributed by atoms with Gasteiger partial charge in [-0.25, -0.2) is 9.97 Å². The number of carbonyl (C=O) groups excluding carboxylic acids is 3. The molecule has 4 fully saturated rings. The van der Waals surface area contributed by atoms with E-state index in [0.29, 0.717) is 36.3 Å². The second-order valence-electron chi connectivity index (χ2n) is 15.3. The Hall–Kier alpha value is -4.88. The maximum Gasteiger partial charge on any atom is 0.270 e. The zero-order valence-electron chi connectivity index (χ0n) is 30.8. The van der Waals surface area contributed by atoms with Crippen molar-refractivity contribution in [2.45, 2.75) is 75.9 Å². The van der Waals surface area contributed by atoms with E-state index >= 15 is 0 Å². The Balaban J connectivity index is 0.818. The second-order valence-corrected chi connectivity index (χ2v) is 15.3. The van der Waals surface area contributed by atoms with E-state index in [1.807, 2.05) is 18.3 Å². The van der Waals surface area contributed by atoms with Gasteiger partial charge in [0.25, 0.3) is 5.91 Å². The SMILES string of the molecule is CN(C)C(=O)c1cc2cnc(Nc3ccc(N4CCC(N5CCN(Cc6ccc(C7CCC(=O)NC7=O)cc6)CC5)CC4)cn3)nc2n1C1CCCC1. The van der Waals surface area contributed by atoms with Crippen molar-refractivity contribution < 1.29 is 14.4 Å². The summed E-state index contributed by atoms with van der Waals surface area (Å²) < 4.78 is 2.13. The molecule has 1 aromatic carbocycles. The molecule has 8 rings (SSSR count). The van der Waals surface area contributed by atoms with Gasteiger partial charge in [0.05, 0.1) is 17.8 Å². The number of piperazine rings is 1. The highest BCUT2D eigenvalue weighted by Gasteiger charge is 2.30. The third-order valence-electron chi connectivity index (χ3n) is 11.7. The van der Waals surface area contributed by atoms with Crippen molar-refractivity contribution in [2.24, 2.45) is 0 Å². The summed E-state index contributed by atoms with van der Waals surface area (Å²) in [5.41, 5.74) is 4.83. The number of nitrogens with one attached hydrogen (secondary N) is 2. The maximum absolute atomic E-state index is 13.1. The monoisotopic (exact) mass is 718 g/mol. The minimum atomic E-state index is -0.233. The molecule has 278 valence electrons. The second kappa shape index (κ2) is 15.2. The molecule has 0 bridgehead atoms. The van der Waals surface area contributed by atoms with Crippen LogP contribution in [0.25, 0.3) is 11.0 Å². The first-order valence-corrected chi connectivity index (χ1v) is 19.3. The van der Waals surface area contributed by atoms with Crippen molar-refractivity contribution in [2.75, 3.05) is 63.6 Å². The summed E-state index contributed by atoms with van der Waals surface area (Å²) in [4.78, 5) is 60.2. The van der Waals surface area contributed by atoms with Gasteiger partial charge in [0.15, 0.2) is 0 Å². The highest BCUT2D eigenvalue weighted by Crippen LogP contribution is 2.35. The molecular weight excluding hydrogens is 669 g/mol. The van der Waals surface area contributed by atoms with Gasteiger partial charge in [0, 0.05) is 90.0 Å². The zero-order valence-corrected chi connectivity index (χ0v) is 30.8. The van der Waals surface area contributed by atoms with Gasteiger partial charge in [-0.15, -0.1) is 0 Å². The molecule has 0 radical (unpaired) electrons. The lowest BCUT2D eigenvalue weighted by atomic mass is 9.90. The summed E-state index contributed by atoms with van der Waals surface area (Å²) in [6, 6.07) is 15.3. The van der Waals surface area contributed by atoms with Gasteiger partial charge >= 0.3 is 0 Å². The Morgan fingerprint density at radius 3 is 2.30 bits per heavy atom. The number of amides is 3. The van der Waals surface area contributed by atoms with Gasteiger partial charge in [-0.05, 0) is 61.4 Å². The molecule has 1 aliphatic carbocycles. The van der Waals surface area contributed by atoms with Crippen molar-refractivity contribution in [1.29, 1.82) is 0 Å². The van der Waals surface area contributed by atoms with E-state index in [2.05, 4.69) is 65.2 Å². The van der Waals surface area contributed by atoms with Crippen LogP contribution in [0.3, 0.4) is 0 Å². The molecule has 0 spiro atoms. The summed E-state index contributed by atoms with van der Waals surface area (Å²) >= 11 is 0. The number of piperidine rings is 2. The Labute approximate surface area is 310 Å². The quantitative estimate of drug-likeness (QED) is 0.235. The van der Waals surface area contributed by atoms with Crippen molar-refractivity contribution in [3.05, 3.63) is 71.7 Å². The van der Waals surface area contributed by atoms with Gasteiger partial charge in [0.2, 0.25) is 17.8 Å². The smallest absolute Gasteiger partial charge is 0.270 e. The van der Waals surface area contributed by atoms with E-state index in [1.165, 1.54) is 5.56 Å². The fourth-order valence-corrected chi connectivity index (χ4v) is 8.66. The Kier molecular flexibility index (Phi) is 10.1. The normalized spacial score (nSPS) is 20.9. The molecule has 3 saturated heterocycles. The number of hydrogen-bond donors (Lipinski definition) is 2. The number of anilines is 3. The van der Waals surface area contributed by atoms with E-state index in [-0.39, 0.29) is 29.7 Å². The van der Waals surface area contributed by atoms with Crippen LogP contribution in [0.5, 0.6) is 0 Å². The lowest BCUT2D eigenvalue weighted by molar-refractivity contribution is -0.134. The Bertz CT molecular complexity index is 1940. The number of fused-ring (bicyclic) bond motifs is 1. The van der Waals surface area contributed by atoms with Crippen LogP contribution in [0.1, 0.15) is 84.9 Å². The Morgan fingerprint density at radius 1 is 0.868 bits per heavy atom. The lowest BCUT2D eigenvalue weighted by Gasteiger charge is -2.43. The summed E-state index contributed by atoms with van der Waals surface area (Å²) in [5.74, 6) is 0.560. The third kappa shape index (κ3) is 7.63. The number of pyridine rings is 1. The van der Waals surface area contributed by atoms with Crippen LogP contribution in [0.4, 0.5) is 17.5 Å². The van der Waals surface area contributed by atoms with Gasteiger partial charge in [-0.1, -0.05) is 37.1 Å². The van der Waals surface area contributed by atoms with E-state index in [0.717, 1.165) is 107 Å². The number of aromatic nitrogens is 4. The fraction of sp³-hybridized carbons (Fsp3) is 0.500. The largest absolute Gasteiger partial charge is 0.370 e. The first-order chi connectivity index (χ1) is 25.8. The molecule has 1 saturated carbocycles. The van der Waals surface area contributed by atoms with Gasteiger partial charge in [-0.2, -0.15) is 4.98 Å². The first kappa shape index (κ1) is 35.2. The molecule has 3 aromatic heterocycles. The van der Waals surface area contributed by atoms with Crippen LogP contribution in [0.15, 0.2) is 54.9 Å². The molecule has 1 atom stereocenters. The molecule has 13 heteroatoms. The van der Waals surface area contributed by atoms with E-state index < -0.39 is 0 Å². The molecule has 13 nitrogen and oxygen atoms in total. The molecule has 3 aliphatic heterocycles. The predicted octanol–water partition coefficient (Wildman–Crippen LogP) is 4.69. The van der Waals surface area contributed by atoms with Gasteiger partial charge < -0.3 is 19.7 Å². The number of benzene rings is 1. The summed E-state index contributed by atoms with van der Waals surface area (Å²) in [5, 5.41) is 6.63. The minimum absolute atomic E-state index is 0.0159.